The van der Waals surface area contributed by atoms with Crippen LogP contribution < -0.4 is 20.4 Å². The molecule has 0 aliphatic carbocycles. The third-order valence-corrected chi connectivity index (χ3v) is 13.4. The van der Waals surface area contributed by atoms with Gasteiger partial charge in [0.15, 0.2) is 35.3 Å². The van der Waals surface area contributed by atoms with Crippen molar-refractivity contribution in [3.63, 3.8) is 0 Å². The second-order valence-corrected chi connectivity index (χ2v) is 18.6. The molecule has 2 atom stereocenters. The number of anilines is 4. The Labute approximate surface area is 451 Å². The van der Waals surface area contributed by atoms with Crippen molar-refractivity contribution < 1.29 is 54.2 Å². The first-order valence-corrected chi connectivity index (χ1v) is 25.2. The Balaban J connectivity index is 0.000000169. The molecule has 2 N–H and O–H groups in total. The van der Waals surface area contributed by atoms with E-state index in [2.05, 4.69) is 41.0 Å². The van der Waals surface area contributed by atoms with E-state index in [-0.39, 0.29) is 71.0 Å². The number of aromatic nitrogens is 6. The fraction of sp³-hybridized carbons (Fsp3) is 0.250. The third kappa shape index (κ3) is 11.7. The number of ketones is 2. The van der Waals surface area contributed by atoms with Gasteiger partial charge < -0.3 is 38.7 Å². The molecule has 8 heterocycles. The zero-order valence-electron chi connectivity index (χ0n) is 42.1. The number of Topliss-reactive ketones (excluding diaryl/α,β-unsaturated/α-hetero) is 2. The number of benzene rings is 4. The SMILES string of the molecule is O=C1Cc2ccccc2C(c2ccccc2)=N[C@@H]1Nc1nnc(-c2ncc(C(F)(F)F)cc2N2CCOCC2)o1.O=C1Cc2ccccc2C(c2ccccc2)=N[C@H]1Nc1nnc(-c2ncc(C(F)(F)F)cc2N2CCOCC2)o1. The molecule has 80 heavy (non-hydrogen) atoms. The van der Waals surface area contributed by atoms with Crippen molar-refractivity contribution in [3.05, 3.63) is 178 Å². The quantitative estimate of drug-likeness (QED) is 0.123. The molecule has 0 amide bonds. The van der Waals surface area contributed by atoms with Crippen LogP contribution in [0.15, 0.2) is 153 Å². The monoisotopic (exact) mass is 1100 g/mol. The van der Waals surface area contributed by atoms with E-state index in [1.165, 1.54) is 0 Å². The van der Waals surface area contributed by atoms with Gasteiger partial charge in [-0.15, -0.1) is 10.2 Å². The first kappa shape index (κ1) is 52.9. The number of hydrogen-bond donors (Lipinski definition) is 2. The normalized spacial score (nSPS) is 17.7. The number of nitrogens with zero attached hydrogens (tertiary/aromatic N) is 10. The van der Waals surface area contributed by atoms with Gasteiger partial charge in [-0.05, 0) is 23.3 Å². The minimum absolute atomic E-state index is 0.0886. The molecule has 0 unspecified atom stereocenters. The van der Waals surface area contributed by atoms with Crippen molar-refractivity contribution in [2.45, 2.75) is 37.5 Å². The molecular formula is C56H46F6N12O6. The molecule has 24 heteroatoms. The number of alkyl halides is 6. The molecule has 4 aromatic carbocycles. The van der Waals surface area contributed by atoms with Gasteiger partial charge in [0.2, 0.25) is 0 Å². The summed E-state index contributed by atoms with van der Waals surface area (Å²) in [5.41, 5.74) is 5.18. The van der Waals surface area contributed by atoms with Crippen LogP contribution in [0.5, 0.6) is 0 Å². The maximum Gasteiger partial charge on any atom is 0.417 e. The second-order valence-electron chi connectivity index (χ2n) is 18.6. The Hall–Kier alpha value is -9.16. The van der Waals surface area contributed by atoms with Crippen LogP contribution in [-0.4, -0.2) is 118 Å². The molecular weight excluding hydrogens is 1050 g/mol. The minimum atomic E-state index is -4.57. The second kappa shape index (κ2) is 22.7. The molecule has 408 valence electrons. The molecule has 4 aromatic heterocycles. The Morgan fingerprint density at radius 1 is 0.487 bits per heavy atom. The van der Waals surface area contributed by atoms with Crippen LogP contribution in [0.3, 0.4) is 0 Å². The van der Waals surface area contributed by atoms with E-state index in [1.54, 1.807) is 9.80 Å². The number of nitrogens with one attached hydrogen (secondary N) is 2. The Morgan fingerprint density at radius 2 is 0.863 bits per heavy atom. The molecule has 4 aliphatic heterocycles. The highest BCUT2D eigenvalue weighted by Gasteiger charge is 2.36. The van der Waals surface area contributed by atoms with E-state index in [0.29, 0.717) is 64.0 Å². The predicted molar refractivity (Wildman–Crippen MR) is 280 cm³/mol. The summed E-state index contributed by atoms with van der Waals surface area (Å²) in [5, 5.41) is 21.9. The molecule has 2 fully saturated rings. The predicted octanol–water partition coefficient (Wildman–Crippen LogP) is 8.78. The largest absolute Gasteiger partial charge is 0.417 e. The minimum Gasteiger partial charge on any atom is -0.402 e. The molecule has 4 aliphatic rings. The van der Waals surface area contributed by atoms with Gasteiger partial charge >= 0.3 is 24.4 Å². The number of ether oxygens (including phenoxy) is 2. The van der Waals surface area contributed by atoms with Gasteiger partial charge in [0.25, 0.3) is 11.8 Å². The number of hydrogen-bond acceptors (Lipinski definition) is 18. The van der Waals surface area contributed by atoms with Crippen molar-refractivity contribution >= 4 is 46.4 Å². The van der Waals surface area contributed by atoms with Crippen molar-refractivity contribution in [3.8, 4) is 23.2 Å². The van der Waals surface area contributed by atoms with Gasteiger partial charge in [0.1, 0.15) is 0 Å². The lowest BCUT2D eigenvalue weighted by Crippen LogP contribution is -2.36. The molecule has 0 saturated carbocycles. The lowest BCUT2D eigenvalue weighted by molar-refractivity contribution is -0.138. The third-order valence-electron chi connectivity index (χ3n) is 13.4. The number of pyridine rings is 2. The summed E-state index contributed by atoms with van der Waals surface area (Å²) < 4.78 is 103. The van der Waals surface area contributed by atoms with E-state index < -0.39 is 35.8 Å². The molecule has 0 spiro atoms. The number of rotatable bonds is 10. The molecule has 2 saturated heterocycles. The van der Waals surface area contributed by atoms with E-state index in [1.807, 2.05) is 109 Å². The maximum atomic E-state index is 13.5. The van der Waals surface area contributed by atoms with E-state index in [9.17, 15) is 35.9 Å². The van der Waals surface area contributed by atoms with E-state index in [0.717, 1.165) is 57.9 Å². The summed E-state index contributed by atoms with van der Waals surface area (Å²) in [5.74, 6) is -0.594. The van der Waals surface area contributed by atoms with Crippen LogP contribution in [0.4, 0.5) is 49.7 Å². The first-order valence-electron chi connectivity index (χ1n) is 25.2. The summed E-state index contributed by atoms with van der Waals surface area (Å²) in [6.45, 7) is 2.96. The average molecular weight is 1100 g/mol. The van der Waals surface area contributed by atoms with E-state index in [4.69, 9.17) is 28.3 Å². The summed E-state index contributed by atoms with van der Waals surface area (Å²) >= 11 is 0. The van der Waals surface area contributed by atoms with Crippen LogP contribution in [0.1, 0.15) is 44.5 Å². The standard InChI is InChI=1S/2C28H23F3N6O3/c2*29-28(30,31)19-15-21(37-10-12-39-13-11-37)24(32-16-19)26-35-36-27(40-26)34-25-22(38)14-18-8-4-5-9-20(18)23(33-25)17-6-2-1-3-7-17/h2*1-9,15-16,25H,10-14H2,(H,34,36)/t2*25-/m10/s1. The lowest BCUT2D eigenvalue weighted by atomic mass is 9.96. The number of aliphatic imine (C=N–C) groups is 2. The molecule has 8 aromatic rings. The summed E-state index contributed by atoms with van der Waals surface area (Å²) in [6, 6.07) is 36.0. The van der Waals surface area contributed by atoms with Gasteiger partial charge in [-0.2, -0.15) is 26.3 Å². The first-order chi connectivity index (χ1) is 38.7. The molecule has 0 bridgehead atoms. The van der Waals surface area contributed by atoms with Gasteiger partial charge in [0.05, 0.1) is 60.4 Å². The van der Waals surface area contributed by atoms with Gasteiger partial charge in [0, 0.05) is 73.7 Å². The van der Waals surface area contributed by atoms with Gasteiger partial charge in [-0.1, -0.05) is 119 Å². The fourth-order valence-corrected chi connectivity index (χ4v) is 9.42. The highest BCUT2D eigenvalue weighted by molar-refractivity contribution is 6.17. The summed E-state index contributed by atoms with van der Waals surface area (Å²) in [4.78, 5) is 47.5. The number of morpholine rings is 2. The number of carbonyl (C=O) groups excluding carboxylic acids is 2. The molecule has 0 radical (unpaired) electrons. The molecule has 12 rings (SSSR count). The van der Waals surface area contributed by atoms with Crippen LogP contribution in [0.25, 0.3) is 23.2 Å². The molecule has 18 nitrogen and oxygen atoms in total. The summed E-state index contributed by atoms with van der Waals surface area (Å²) in [7, 11) is 0. The topological polar surface area (TPSA) is 211 Å². The lowest BCUT2D eigenvalue weighted by Gasteiger charge is -2.30. The fourth-order valence-electron chi connectivity index (χ4n) is 9.42. The van der Waals surface area contributed by atoms with Crippen molar-refractivity contribution in [2.24, 2.45) is 9.98 Å². The van der Waals surface area contributed by atoms with Crippen LogP contribution in [-0.2, 0) is 44.3 Å². The maximum absolute atomic E-state index is 13.5. The highest BCUT2D eigenvalue weighted by atomic mass is 19.4. The Bertz CT molecular complexity index is 3360. The van der Waals surface area contributed by atoms with Crippen LogP contribution in [0, 0.1) is 0 Å². The average Bonchev–Trinajstić information content (AvgIpc) is 4.12. The number of fused-ring (bicyclic) bond motifs is 2. The summed E-state index contributed by atoms with van der Waals surface area (Å²) in [6.07, 6.45) is -9.46. The Kier molecular flexibility index (Phi) is 15.0. The van der Waals surface area contributed by atoms with Gasteiger partial charge in [-0.25, -0.2) is 9.97 Å². The zero-order valence-corrected chi connectivity index (χ0v) is 42.1. The van der Waals surface area contributed by atoms with Crippen molar-refractivity contribution in [1.29, 1.82) is 0 Å². The van der Waals surface area contributed by atoms with Crippen molar-refractivity contribution in [1.82, 2.24) is 30.4 Å². The zero-order chi connectivity index (χ0) is 55.4. The van der Waals surface area contributed by atoms with Crippen molar-refractivity contribution in [2.75, 3.05) is 73.0 Å². The van der Waals surface area contributed by atoms with Crippen LogP contribution in [0.2, 0.25) is 0 Å². The van der Waals surface area contributed by atoms with E-state index >= 15 is 0 Å². The van der Waals surface area contributed by atoms with Gasteiger partial charge in [-0.3, -0.25) is 19.6 Å². The number of carbonyl (C=O) groups is 2. The van der Waals surface area contributed by atoms with Crippen LogP contribution >= 0.6 is 0 Å². The highest BCUT2D eigenvalue weighted by Crippen LogP contribution is 2.38. The smallest absolute Gasteiger partial charge is 0.402 e. The Morgan fingerprint density at radius 3 is 1.25 bits per heavy atom. The number of halogens is 6.